The molecule has 10 aromatic carbocycles. The Bertz CT molecular complexity index is 3170. The summed E-state index contributed by atoms with van der Waals surface area (Å²) in [5.41, 5.74) is 11.6. The average molecular weight is 767 g/mol. The molecule has 0 N–H and O–H groups in total. The SMILES string of the molecule is CC(C)(C)c1ccc(C#Cc2cc(-c3cccc4ccccc34)c3ccc4c(-c5cccc6ccccc56)cc(C#Cc5ccc(C(C)(C)C)cc5)c5ccc2c3c54)cc1. The third-order valence-corrected chi connectivity index (χ3v) is 12.2. The minimum Gasteiger partial charge on any atom is -0.0616 e. The smallest absolute Gasteiger partial charge is 0.0334 e. The molecule has 0 heteroatoms. The average Bonchev–Trinajstić information content (AvgIpc) is 3.26. The van der Waals surface area contributed by atoms with E-state index in [1.54, 1.807) is 0 Å². The van der Waals surface area contributed by atoms with Crippen molar-refractivity contribution in [2.45, 2.75) is 52.4 Å². The van der Waals surface area contributed by atoms with Crippen molar-refractivity contribution in [2.24, 2.45) is 0 Å². The molecule has 0 saturated carbocycles. The van der Waals surface area contributed by atoms with Gasteiger partial charge in [-0.15, -0.1) is 0 Å². The first kappa shape index (κ1) is 37.2. The van der Waals surface area contributed by atoms with Crippen LogP contribution in [-0.4, -0.2) is 0 Å². The summed E-state index contributed by atoms with van der Waals surface area (Å²) in [5.74, 6) is 14.6. The largest absolute Gasteiger partial charge is 0.0616 e. The van der Waals surface area contributed by atoms with Gasteiger partial charge in [0, 0.05) is 22.3 Å². The van der Waals surface area contributed by atoms with Crippen molar-refractivity contribution in [1.82, 2.24) is 0 Å². The van der Waals surface area contributed by atoms with Crippen molar-refractivity contribution in [3.05, 3.63) is 203 Å². The van der Waals surface area contributed by atoms with E-state index in [2.05, 4.69) is 235 Å². The van der Waals surface area contributed by atoms with E-state index in [9.17, 15) is 0 Å². The van der Waals surface area contributed by atoms with Gasteiger partial charge < -0.3 is 0 Å². The lowest BCUT2D eigenvalue weighted by Crippen LogP contribution is -2.10. The minimum absolute atomic E-state index is 0.0798. The summed E-state index contributed by atoms with van der Waals surface area (Å²) < 4.78 is 0. The molecule has 286 valence electrons. The Labute approximate surface area is 353 Å². The summed E-state index contributed by atoms with van der Waals surface area (Å²) in [4.78, 5) is 0. The second-order valence-corrected chi connectivity index (χ2v) is 18.2. The van der Waals surface area contributed by atoms with Crippen LogP contribution in [0, 0.1) is 23.7 Å². The molecule has 10 rings (SSSR count). The van der Waals surface area contributed by atoms with Crippen LogP contribution in [0.3, 0.4) is 0 Å². The van der Waals surface area contributed by atoms with E-state index in [-0.39, 0.29) is 10.8 Å². The number of hydrogen-bond acceptors (Lipinski definition) is 0. The topological polar surface area (TPSA) is 0 Å². The lowest BCUT2D eigenvalue weighted by Gasteiger charge is -2.20. The molecule has 0 amide bonds. The Hall–Kier alpha value is -7.12. The fourth-order valence-corrected chi connectivity index (χ4v) is 8.95. The summed E-state index contributed by atoms with van der Waals surface area (Å²) in [5, 5.41) is 12.1. The lowest BCUT2D eigenvalue weighted by molar-refractivity contribution is 0.590. The molecule has 0 saturated heterocycles. The first-order valence-electron chi connectivity index (χ1n) is 21.0. The van der Waals surface area contributed by atoms with E-state index >= 15 is 0 Å². The molecule has 0 unspecified atom stereocenters. The number of rotatable bonds is 2. The molecule has 0 aliphatic carbocycles. The van der Waals surface area contributed by atoms with Gasteiger partial charge in [-0.2, -0.15) is 0 Å². The molecule has 10 aromatic rings. The lowest BCUT2D eigenvalue weighted by atomic mass is 9.82. The van der Waals surface area contributed by atoms with Gasteiger partial charge in [0.05, 0.1) is 0 Å². The van der Waals surface area contributed by atoms with Gasteiger partial charge in [-0.1, -0.05) is 199 Å². The van der Waals surface area contributed by atoms with Crippen LogP contribution in [-0.2, 0) is 10.8 Å². The maximum absolute atomic E-state index is 3.70. The molecule has 0 spiro atoms. The van der Waals surface area contributed by atoms with Gasteiger partial charge in [0.15, 0.2) is 0 Å². The van der Waals surface area contributed by atoms with Gasteiger partial charge in [0.1, 0.15) is 0 Å². The summed E-state index contributed by atoms with van der Waals surface area (Å²) in [6.07, 6.45) is 0. The van der Waals surface area contributed by atoms with Crippen LogP contribution in [0.1, 0.15) is 74.9 Å². The molecular weight excluding hydrogens is 721 g/mol. The molecular formula is C60H46. The van der Waals surface area contributed by atoms with Crippen LogP contribution in [0.2, 0.25) is 0 Å². The summed E-state index contributed by atoms with van der Waals surface area (Å²) >= 11 is 0. The maximum Gasteiger partial charge on any atom is 0.0334 e. The van der Waals surface area contributed by atoms with Crippen LogP contribution >= 0.6 is 0 Å². The standard InChI is InChI=1S/C60H46/c1-59(2,3)45-29-23-39(24-30-45)21-27-43-37-55(51-19-11-15-41-13-7-9-17-47(41)51)53-35-36-54-56(52-20-12-16-42-14-8-10-18-48(42)52)38-44(50-34-33-49(43)57(53)58(50)54)28-22-40-25-31-46(32-26-40)60(4,5)6/h7-20,23-26,29-38H,1-6H3. The third kappa shape index (κ3) is 6.56. The van der Waals surface area contributed by atoms with Crippen LogP contribution in [0.5, 0.6) is 0 Å². The second-order valence-electron chi connectivity index (χ2n) is 18.2. The Morgan fingerprint density at radius 3 is 1.07 bits per heavy atom. The van der Waals surface area contributed by atoms with Crippen molar-refractivity contribution in [1.29, 1.82) is 0 Å². The molecule has 0 fully saturated rings. The fourth-order valence-electron chi connectivity index (χ4n) is 8.95. The molecule has 0 atom stereocenters. The molecule has 0 radical (unpaired) electrons. The molecule has 0 aromatic heterocycles. The van der Waals surface area contributed by atoms with E-state index in [1.807, 2.05) is 0 Å². The zero-order chi connectivity index (χ0) is 41.2. The Morgan fingerprint density at radius 2 is 0.667 bits per heavy atom. The summed E-state index contributed by atoms with van der Waals surface area (Å²) in [6, 6.07) is 62.1. The van der Waals surface area contributed by atoms with Gasteiger partial charge in [-0.3, -0.25) is 0 Å². The monoisotopic (exact) mass is 766 g/mol. The maximum atomic E-state index is 3.70. The normalized spacial score (nSPS) is 11.9. The van der Waals surface area contributed by atoms with E-state index < -0.39 is 0 Å². The highest BCUT2D eigenvalue weighted by Gasteiger charge is 2.21. The summed E-state index contributed by atoms with van der Waals surface area (Å²) in [6.45, 7) is 13.5. The molecule has 0 aliphatic heterocycles. The third-order valence-electron chi connectivity index (χ3n) is 12.2. The predicted molar refractivity (Wildman–Crippen MR) is 258 cm³/mol. The molecule has 0 aliphatic rings. The van der Waals surface area contributed by atoms with Crippen LogP contribution < -0.4 is 0 Å². The minimum atomic E-state index is 0.0798. The zero-order valence-corrected chi connectivity index (χ0v) is 35.2. The van der Waals surface area contributed by atoms with Crippen molar-refractivity contribution in [3.8, 4) is 45.9 Å². The molecule has 0 bridgehead atoms. The van der Waals surface area contributed by atoms with Gasteiger partial charge >= 0.3 is 0 Å². The van der Waals surface area contributed by atoms with Crippen molar-refractivity contribution in [3.63, 3.8) is 0 Å². The Balaban J connectivity index is 1.29. The van der Waals surface area contributed by atoms with Gasteiger partial charge in [-0.25, -0.2) is 0 Å². The quantitative estimate of drug-likeness (QED) is 0.121. The highest BCUT2D eigenvalue weighted by molar-refractivity contribution is 6.30. The van der Waals surface area contributed by atoms with Crippen LogP contribution in [0.25, 0.3) is 76.1 Å². The number of fused-ring (bicyclic) bond motifs is 2. The van der Waals surface area contributed by atoms with Crippen molar-refractivity contribution < 1.29 is 0 Å². The number of hydrogen-bond donors (Lipinski definition) is 0. The predicted octanol–water partition coefficient (Wildman–Crippen LogP) is 15.6. The van der Waals surface area contributed by atoms with E-state index in [1.165, 1.54) is 76.5 Å². The Morgan fingerprint density at radius 1 is 0.300 bits per heavy atom. The molecule has 0 nitrogen and oxygen atoms in total. The van der Waals surface area contributed by atoms with Crippen LogP contribution in [0.15, 0.2) is 170 Å². The first-order valence-corrected chi connectivity index (χ1v) is 21.0. The summed E-state index contributed by atoms with van der Waals surface area (Å²) in [7, 11) is 0. The molecule has 60 heavy (non-hydrogen) atoms. The Kier molecular flexibility index (Phi) is 8.86. The van der Waals surface area contributed by atoms with Crippen LogP contribution in [0.4, 0.5) is 0 Å². The zero-order valence-electron chi connectivity index (χ0n) is 35.2. The molecule has 0 heterocycles. The second kappa shape index (κ2) is 14.3. The van der Waals surface area contributed by atoms with E-state index in [0.29, 0.717) is 0 Å². The van der Waals surface area contributed by atoms with E-state index in [4.69, 9.17) is 0 Å². The van der Waals surface area contributed by atoms with Crippen molar-refractivity contribution in [2.75, 3.05) is 0 Å². The van der Waals surface area contributed by atoms with Gasteiger partial charge in [-0.05, 0) is 134 Å². The van der Waals surface area contributed by atoms with Gasteiger partial charge in [0.25, 0.3) is 0 Å². The highest BCUT2D eigenvalue weighted by atomic mass is 14.2. The number of benzene rings is 10. The van der Waals surface area contributed by atoms with E-state index in [0.717, 1.165) is 33.0 Å². The highest BCUT2D eigenvalue weighted by Crippen LogP contribution is 2.46. The first-order chi connectivity index (χ1) is 29.0. The van der Waals surface area contributed by atoms with Gasteiger partial charge in [0.2, 0.25) is 0 Å². The van der Waals surface area contributed by atoms with Crippen molar-refractivity contribution >= 4 is 53.9 Å². The fraction of sp³-hybridized carbons (Fsp3) is 0.133.